The second-order valence-electron chi connectivity index (χ2n) is 34.6. The first-order chi connectivity index (χ1) is 49.3. The third-order valence-electron chi connectivity index (χ3n) is 22.8. The summed E-state index contributed by atoms with van der Waals surface area (Å²) < 4.78 is 7.86. The molecule has 0 aliphatic carbocycles. The number of hydrogen-bond donors (Lipinski definition) is 0. The second kappa shape index (κ2) is 22.8. The first-order valence-corrected chi connectivity index (χ1v) is 37.1. The Morgan fingerprint density at radius 3 is 1.10 bits per heavy atom. The van der Waals surface area contributed by atoms with Crippen molar-refractivity contribution in [2.75, 3.05) is 4.90 Å². The molecule has 2 aliphatic heterocycles. The molecule has 16 aromatic rings. The molecule has 0 amide bonds. The molecule has 2 aliphatic rings. The number of nitrogens with zero attached hydrogens (tertiary/aromatic N) is 4. The quantitative estimate of drug-likeness (QED) is 0.157. The first kappa shape index (κ1) is 64.2. The molecule has 103 heavy (non-hydrogen) atoms. The highest BCUT2D eigenvalue weighted by molar-refractivity contribution is 7.00. The second-order valence-corrected chi connectivity index (χ2v) is 34.6. The van der Waals surface area contributed by atoms with Gasteiger partial charge in [-0.25, -0.2) is 0 Å². The fourth-order valence-electron chi connectivity index (χ4n) is 17.2. The maximum Gasteiger partial charge on any atom is 0.252 e. The molecule has 0 saturated carbocycles. The van der Waals surface area contributed by atoms with Crippen molar-refractivity contribution in [3.05, 3.63) is 295 Å². The van der Waals surface area contributed by atoms with E-state index in [2.05, 4.69) is 389 Å². The fraction of sp³-hybridized carbons (Fsp3) is 0.204. The predicted octanol–water partition coefficient (Wildman–Crippen LogP) is 24.8. The van der Waals surface area contributed by atoms with Crippen LogP contribution in [0.2, 0.25) is 0 Å². The summed E-state index contributed by atoms with van der Waals surface area (Å²) in [6.07, 6.45) is 0. The molecule has 0 unspecified atom stereocenters. The number of rotatable bonds is 5. The topological polar surface area (TPSA) is 18.0 Å². The van der Waals surface area contributed by atoms with E-state index in [0.29, 0.717) is 0 Å². The van der Waals surface area contributed by atoms with Gasteiger partial charge in [-0.3, -0.25) is 0 Å². The molecule has 13 aromatic carbocycles. The Hall–Kier alpha value is -10.9. The van der Waals surface area contributed by atoms with E-state index in [1.165, 1.54) is 148 Å². The molecular weight excluding hydrogens is 1240 g/mol. The third-order valence-corrected chi connectivity index (χ3v) is 22.8. The normalized spacial score (nSPS) is 13.3. The van der Waals surface area contributed by atoms with Gasteiger partial charge in [0.15, 0.2) is 0 Å². The Bertz CT molecular complexity index is 6110. The fourth-order valence-corrected chi connectivity index (χ4v) is 17.2. The summed E-state index contributed by atoms with van der Waals surface area (Å²) in [6.45, 7) is 34.9. The minimum absolute atomic E-state index is 0.0430. The number of anilines is 3. The van der Waals surface area contributed by atoms with Gasteiger partial charge < -0.3 is 18.6 Å². The lowest BCUT2D eigenvalue weighted by Gasteiger charge is -2.42. The van der Waals surface area contributed by atoms with Crippen molar-refractivity contribution in [1.82, 2.24) is 13.7 Å². The number of para-hydroxylation sites is 1. The van der Waals surface area contributed by atoms with Crippen molar-refractivity contribution >= 4 is 127 Å². The van der Waals surface area contributed by atoms with Crippen LogP contribution in [0.5, 0.6) is 0 Å². The lowest BCUT2D eigenvalue weighted by molar-refractivity contribution is 0.590. The zero-order valence-corrected chi connectivity index (χ0v) is 62.3. The van der Waals surface area contributed by atoms with Crippen LogP contribution in [0, 0.1) is 0 Å². The average Bonchev–Trinajstić information content (AvgIpc) is 1.36. The highest BCUT2D eigenvalue weighted by atomic mass is 15.2. The summed E-state index contributed by atoms with van der Waals surface area (Å²) in [5.74, 6) is 0. The van der Waals surface area contributed by atoms with Gasteiger partial charge in [0.2, 0.25) is 0 Å². The van der Waals surface area contributed by atoms with Gasteiger partial charge in [0.05, 0.1) is 38.8 Å². The number of aromatic nitrogens is 3. The molecule has 4 nitrogen and oxygen atoms in total. The van der Waals surface area contributed by atoms with E-state index < -0.39 is 0 Å². The monoisotopic (exact) mass is 1330 g/mol. The van der Waals surface area contributed by atoms with Crippen LogP contribution in [0.15, 0.2) is 267 Å². The summed E-state index contributed by atoms with van der Waals surface area (Å²) >= 11 is 0. The molecule has 3 aromatic heterocycles. The minimum atomic E-state index is -0.234. The number of benzene rings is 13. The summed E-state index contributed by atoms with van der Waals surface area (Å²) in [6, 6.07) is 104. The van der Waals surface area contributed by atoms with E-state index in [-0.39, 0.29) is 33.8 Å². The largest absolute Gasteiger partial charge is 0.310 e. The number of fused-ring (bicyclic) bond motifs is 18. The van der Waals surface area contributed by atoms with E-state index >= 15 is 0 Å². The lowest BCUT2D eigenvalue weighted by atomic mass is 9.33. The molecule has 0 atom stereocenters. The van der Waals surface area contributed by atoms with E-state index in [0.717, 1.165) is 39.6 Å². The van der Waals surface area contributed by atoms with Gasteiger partial charge in [0.25, 0.3) is 6.71 Å². The molecule has 0 spiro atoms. The maximum absolute atomic E-state index is 2.73. The Labute approximate surface area is 606 Å². The highest BCUT2D eigenvalue weighted by Crippen LogP contribution is 2.52. The molecular formula is C98H89BN4. The maximum atomic E-state index is 2.73. The SMILES string of the molecule is CC(C)(C)c1cc(-c2ccccc2)c(N2c3cc(-n4c5cc(C(C)(C)C)ccc5c5ccc(C(C)(C)C)cc54)ccc3B3c4ccc(-n5c6ccc(C(C)(C)C)cc6c6cc(C(C)(C)C)ccc65)cc4-n4c5ccccc5c5ccccc5c5ccccc5c5ccc2c3c54)c(-c2ccccc2)c1. The molecule has 18 rings (SSSR count). The van der Waals surface area contributed by atoms with Crippen LogP contribution in [-0.2, 0) is 27.1 Å². The van der Waals surface area contributed by atoms with Crippen molar-refractivity contribution < 1.29 is 0 Å². The van der Waals surface area contributed by atoms with Crippen molar-refractivity contribution in [3.63, 3.8) is 0 Å². The Kier molecular flexibility index (Phi) is 14.2. The van der Waals surface area contributed by atoms with E-state index in [1.807, 2.05) is 0 Å². The van der Waals surface area contributed by atoms with Gasteiger partial charge >= 0.3 is 0 Å². The van der Waals surface area contributed by atoms with Gasteiger partial charge in [-0.05, 0) is 189 Å². The Balaban J connectivity index is 1.05. The van der Waals surface area contributed by atoms with Crippen LogP contribution in [0.25, 0.3) is 126 Å². The van der Waals surface area contributed by atoms with Crippen molar-refractivity contribution in [3.8, 4) is 39.3 Å². The van der Waals surface area contributed by atoms with Crippen molar-refractivity contribution in [2.45, 2.75) is 131 Å². The summed E-state index contributed by atoms with van der Waals surface area (Å²) in [4.78, 5) is 2.73. The highest BCUT2D eigenvalue weighted by Gasteiger charge is 2.44. The first-order valence-electron chi connectivity index (χ1n) is 37.1. The van der Waals surface area contributed by atoms with Gasteiger partial charge in [0, 0.05) is 71.9 Å². The van der Waals surface area contributed by atoms with E-state index in [9.17, 15) is 0 Å². The van der Waals surface area contributed by atoms with Crippen LogP contribution in [-0.4, -0.2) is 20.4 Å². The molecule has 5 heterocycles. The van der Waals surface area contributed by atoms with Gasteiger partial charge in [-0.1, -0.05) is 286 Å². The van der Waals surface area contributed by atoms with Crippen molar-refractivity contribution in [2.24, 2.45) is 0 Å². The molecule has 0 radical (unpaired) electrons. The molecule has 0 bridgehead atoms. The summed E-state index contributed by atoms with van der Waals surface area (Å²) in [5, 5.41) is 12.2. The summed E-state index contributed by atoms with van der Waals surface area (Å²) in [7, 11) is 0. The van der Waals surface area contributed by atoms with Crippen LogP contribution < -0.4 is 21.3 Å². The standard InChI is InChI=1S/C98H89BN4/c1-94(2,3)62-40-49-84-79(52-62)80-53-63(95(4,5)6)41-50-85(80)100(84)67-42-47-81-89(58-67)102-83-37-27-26-36-73(83)71-34-24-22-32-69(71)70-33-23-25-35-72(70)76-46-51-86-91(93(76)102)99(81)82-48-43-68(101-87-56-64(96(7,8)9)38-44-74(87)75-45-39-65(57-88(75)101)97(10,11)12)59-90(82)103(86)92-77(60-28-18-16-19-29-60)54-66(98(13,14)15)55-78(92)61-30-20-17-21-31-61/h16-59H,1-15H3. The predicted molar refractivity (Wildman–Crippen MR) is 446 cm³/mol. The molecule has 0 N–H and O–H groups in total. The van der Waals surface area contributed by atoms with Crippen LogP contribution in [0.1, 0.15) is 132 Å². The van der Waals surface area contributed by atoms with Gasteiger partial charge in [-0.2, -0.15) is 0 Å². The number of hydrogen-bond acceptors (Lipinski definition) is 1. The van der Waals surface area contributed by atoms with Crippen LogP contribution in [0.3, 0.4) is 0 Å². The molecule has 0 fully saturated rings. The zero-order valence-electron chi connectivity index (χ0n) is 62.3. The van der Waals surface area contributed by atoms with Crippen molar-refractivity contribution in [1.29, 1.82) is 0 Å². The molecule has 0 saturated heterocycles. The third kappa shape index (κ3) is 10.1. The smallest absolute Gasteiger partial charge is 0.252 e. The summed E-state index contributed by atoms with van der Waals surface area (Å²) in [5.41, 5.74) is 28.5. The van der Waals surface area contributed by atoms with Crippen LogP contribution >= 0.6 is 0 Å². The lowest BCUT2D eigenvalue weighted by Crippen LogP contribution is -2.60. The average molecular weight is 1330 g/mol. The van der Waals surface area contributed by atoms with Crippen LogP contribution in [0.4, 0.5) is 17.1 Å². The van der Waals surface area contributed by atoms with E-state index in [4.69, 9.17) is 0 Å². The van der Waals surface area contributed by atoms with E-state index in [1.54, 1.807) is 0 Å². The molecule has 504 valence electrons. The van der Waals surface area contributed by atoms with Gasteiger partial charge in [-0.15, -0.1) is 0 Å². The molecule has 5 heteroatoms. The zero-order chi connectivity index (χ0) is 71.1. The Morgan fingerprint density at radius 1 is 0.243 bits per heavy atom. The Morgan fingerprint density at radius 2 is 0.612 bits per heavy atom. The van der Waals surface area contributed by atoms with Gasteiger partial charge in [0.1, 0.15) is 0 Å². The minimum Gasteiger partial charge on any atom is -0.310 e.